The Labute approximate surface area is 216 Å². The third-order valence-electron chi connectivity index (χ3n) is 6.66. The van der Waals surface area contributed by atoms with Gasteiger partial charge in [-0.1, -0.05) is 18.2 Å². The van der Waals surface area contributed by atoms with Crippen molar-refractivity contribution in [3.63, 3.8) is 0 Å². The minimum Gasteiger partial charge on any atom is -0.493 e. The molecule has 1 N–H and O–H groups in total. The first-order valence-corrected chi connectivity index (χ1v) is 12.2. The highest BCUT2D eigenvalue weighted by Gasteiger charge is 2.16. The number of methoxy groups -OCH3 is 3. The molecular formula is C27H34N6O4. The molecule has 10 nitrogen and oxygen atoms in total. The number of hydrogen-bond donors (Lipinski definition) is 1. The van der Waals surface area contributed by atoms with E-state index >= 15 is 0 Å². The van der Waals surface area contributed by atoms with Gasteiger partial charge in [-0.15, -0.1) is 5.10 Å². The maximum absolute atomic E-state index is 13.1. The number of ether oxygens (including phenoxy) is 3. The maximum atomic E-state index is 13.1. The van der Waals surface area contributed by atoms with E-state index in [4.69, 9.17) is 14.2 Å². The number of benzene rings is 2. The van der Waals surface area contributed by atoms with Crippen molar-refractivity contribution in [2.75, 3.05) is 34.5 Å². The van der Waals surface area contributed by atoms with Gasteiger partial charge >= 0.3 is 0 Å². The first-order valence-electron chi connectivity index (χ1n) is 12.2. The van der Waals surface area contributed by atoms with E-state index in [-0.39, 0.29) is 5.56 Å². The van der Waals surface area contributed by atoms with Crippen molar-refractivity contribution in [1.82, 2.24) is 30.1 Å². The molecular weight excluding hydrogens is 472 g/mol. The van der Waals surface area contributed by atoms with Crippen LogP contribution in [0.5, 0.6) is 11.5 Å². The minimum absolute atomic E-state index is 0.0868. The van der Waals surface area contributed by atoms with Crippen molar-refractivity contribution < 1.29 is 14.2 Å². The third-order valence-corrected chi connectivity index (χ3v) is 6.66. The molecule has 0 aliphatic heterocycles. The third kappa shape index (κ3) is 6.15. The Morgan fingerprint density at radius 3 is 2.57 bits per heavy atom. The molecule has 0 bridgehead atoms. The zero-order chi connectivity index (χ0) is 26.4. The van der Waals surface area contributed by atoms with E-state index in [1.807, 2.05) is 38.1 Å². The number of hydrogen-bond acceptors (Lipinski definition) is 8. The van der Waals surface area contributed by atoms with E-state index in [1.165, 1.54) is 0 Å². The van der Waals surface area contributed by atoms with Crippen LogP contribution in [-0.2, 0) is 30.8 Å². The van der Waals surface area contributed by atoms with E-state index in [9.17, 15) is 4.79 Å². The van der Waals surface area contributed by atoms with Gasteiger partial charge in [0.15, 0.2) is 17.3 Å². The van der Waals surface area contributed by atoms with E-state index < -0.39 is 0 Å². The Bertz CT molecular complexity index is 1410. The molecule has 0 aliphatic rings. The van der Waals surface area contributed by atoms with E-state index in [0.717, 1.165) is 34.0 Å². The minimum atomic E-state index is -0.0868. The van der Waals surface area contributed by atoms with Gasteiger partial charge in [0.05, 0.1) is 39.4 Å². The number of nitrogens with one attached hydrogen (secondary N) is 1. The number of fused-ring (bicyclic) bond motifs is 1. The van der Waals surface area contributed by atoms with Crippen LogP contribution in [0.4, 0.5) is 0 Å². The average Bonchev–Trinajstić information content (AvgIpc) is 3.35. The summed E-state index contributed by atoms with van der Waals surface area (Å²) in [6.07, 6.45) is 0.740. The number of nitrogens with zero attached hydrogens (tertiary/aromatic N) is 5. The van der Waals surface area contributed by atoms with Crippen molar-refractivity contribution in [3.8, 4) is 11.5 Å². The first-order chi connectivity index (χ1) is 17.9. The molecule has 2 aromatic carbocycles. The highest BCUT2D eigenvalue weighted by molar-refractivity contribution is 5.83. The number of aromatic nitrogens is 5. The van der Waals surface area contributed by atoms with E-state index in [1.54, 1.807) is 26.0 Å². The van der Waals surface area contributed by atoms with Crippen LogP contribution < -0.4 is 15.0 Å². The monoisotopic (exact) mass is 506 g/mol. The highest BCUT2D eigenvalue weighted by Crippen LogP contribution is 2.28. The van der Waals surface area contributed by atoms with Gasteiger partial charge in [-0.05, 0) is 71.0 Å². The predicted molar refractivity (Wildman–Crippen MR) is 141 cm³/mol. The molecule has 196 valence electrons. The van der Waals surface area contributed by atoms with E-state index in [0.29, 0.717) is 55.7 Å². The summed E-state index contributed by atoms with van der Waals surface area (Å²) in [6.45, 7) is 6.74. The molecule has 0 saturated heterocycles. The Balaban J connectivity index is 1.61. The molecule has 0 amide bonds. The van der Waals surface area contributed by atoms with Crippen LogP contribution in [0, 0.1) is 13.8 Å². The molecule has 0 radical (unpaired) electrons. The Morgan fingerprint density at radius 1 is 1.00 bits per heavy atom. The standard InChI is InChI=1S/C27H34N6O4/c1-18-6-8-21-15-22(27(34)28-26(21)19(18)2)16-32(17-25-29-30-31-33(25)12-13-35-3)11-10-20-7-9-23(36-4)24(14-20)37-5/h6-9,14-15H,10-13,16-17H2,1-5H3,(H,28,34). The Hall–Kier alpha value is -3.76. The lowest BCUT2D eigenvalue weighted by molar-refractivity contribution is 0.178. The summed E-state index contributed by atoms with van der Waals surface area (Å²) in [6, 6.07) is 12.0. The molecule has 0 atom stereocenters. The van der Waals surface area contributed by atoms with E-state index in [2.05, 4.69) is 37.5 Å². The summed E-state index contributed by atoms with van der Waals surface area (Å²) in [5.74, 6) is 2.09. The molecule has 0 spiro atoms. The molecule has 37 heavy (non-hydrogen) atoms. The molecule has 0 unspecified atom stereocenters. The Morgan fingerprint density at radius 2 is 1.81 bits per heavy atom. The summed E-state index contributed by atoms with van der Waals surface area (Å²) >= 11 is 0. The molecule has 0 aliphatic carbocycles. The van der Waals surface area contributed by atoms with Gasteiger partial charge in [0, 0.05) is 25.8 Å². The average molecular weight is 507 g/mol. The molecule has 2 aromatic heterocycles. The summed E-state index contributed by atoms with van der Waals surface area (Å²) in [5, 5.41) is 13.2. The van der Waals surface area contributed by atoms with Gasteiger partial charge < -0.3 is 19.2 Å². The quantitative estimate of drug-likeness (QED) is 0.312. The number of aromatic amines is 1. The van der Waals surface area contributed by atoms with Gasteiger partial charge in [0.1, 0.15) is 0 Å². The largest absolute Gasteiger partial charge is 0.493 e. The van der Waals surface area contributed by atoms with Crippen LogP contribution in [0.15, 0.2) is 41.2 Å². The van der Waals surface area contributed by atoms with Crippen molar-refractivity contribution >= 4 is 10.9 Å². The van der Waals surface area contributed by atoms with Crippen molar-refractivity contribution in [3.05, 3.63) is 74.8 Å². The predicted octanol–water partition coefficient (Wildman–Crippen LogP) is 3.04. The van der Waals surface area contributed by atoms with Crippen molar-refractivity contribution in [1.29, 1.82) is 0 Å². The number of tetrazole rings is 1. The lowest BCUT2D eigenvalue weighted by Crippen LogP contribution is -2.30. The topological polar surface area (TPSA) is 107 Å². The van der Waals surface area contributed by atoms with Gasteiger partial charge in [-0.3, -0.25) is 9.69 Å². The number of H-pyrrole nitrogens is 1. The summed E-state index contributed by atoms with van der Waals surface area (Å²) in [5.41, 5.74) is 4.82. The molecule has 4 rings (SSSR count). The fraction of sp³-hybridized carbons (Fsp3) is 0.407. The first kappa shape index (κ1) is 26.3. The summed E-state index contributed by atoms with van der Waals surface area (Å²) < 4.78 is 17.8. The van der Waals surface area contributed by atoms with Crippen LogP contribution in [0.1, 0.15) is 28.1 Å². The van der Waals surface area contributed by atoms with Crippen LogP contribution in [0.3, 0.4) is 0 Å². The second kappa shape index (κ2) is 12.0. The van der Waals surface area contributed by atoms with Crippen LogP contribution in [0.25, 0.3) is 10.9 Å². The van der Waals surface area contributed by atoms with Gasteiger partial charge in [0.2, 0.25) is 0 Å². The smallest absolute Gasteiger partial charge is 0.252 e. The molecule has 0 saturated carbocycles. The summed E-state index contributed by atoms with van der Waals surface area (Å²) in [4.78, 5) is 18.4. The molecule has 10 heteroatoms. The zero-order valence-electron chi connectivity index (χ0n) is 22.1. The number of pyridine rings is 1. The van der Waals surface area contributed by atoms with Gasteiger partial charge in [-0.2, -0.15) is 0 Å². The van der Waals surface area contributed by atoms with Crippen LogP contribution in [0.2, 0.25) is 0 Å². The van der Waals surface area contributed by atoms with Crippen molar-refractivity contribution in [2.24, 2.45) is 0 Å². The SMILES string of the molecule is COCCn1nnnc1CN(CCc1ccc(OC)c(OC)c1)Cc1cc2ccc(C)c(C)c2[nH]c1=O. The zero-order valence-corrected chi connectivity index (χ0v) is 22.1. The Kier molecular flexibility index (Phi) is 8.52. The van der Waals surface area contributed by atoms with Crippen molar-refractivity contribution in [2.45, 2.75) is 39.9 Å². The second-order valence-corrected chi connectivity index (χ2v) is 9.06. The maximum Gasteiger partial charge on any atom is 0.252 e. The molecule has 4 aromatic rings. The molecule has 2 heterocycles. The number of rotatable bonds is 12. The highest BCUT2D eigenvalue weighted by atomic mass is 16.5. The number of aryl methyl sites for hydroxylation is 2. The lowest BCUT2D eigenvalue weighted by Gasteiger charge is -2.22. The second-order valence-electron chi connectivity index (χ2n) is 9.06. The summed E-state index contributed by atoms with van der Waals surface area (Å²) in [7, 11) is 4.90. The van der Waals surface area contributed by atoms with Gasteiger partial charge in [-0.25, -0.2) is 4.68 Å². The normalized spacial score (nSPS) is 11.4. The lowest BCUT2D eigenvalue weighted by atomic mass is 10.0. The fourth-order valence-corrected chi connectivity index (χ4v) is 4.35. The van der Waals surface area contributed by atoms with Gasteiger partial charge in [0.25, 0.3) is 5.56 Å². The van der Waals surface area contributed by atoms with Crippen LogP contribution >= 0.6 is 0 Å². The fourth-order valence-electron chi connectivity index (χ4n) is 4.35. The molecule has 0 fully saturated rings. The van der Waals surface area contributed by atoms with Crippen LogP contribution in [-0.4, -0.2) is 64.6 Å².